The number of carbonyl (C=O) groups excluding carboxylic acids is 1. The van der Waals surface area contributed by atoms with Gasteiger partial charge in [-0.3, -0.25) is 4.79 Å². The average Bonchev–Trinajstić information content (AvgIpc) is 3.26. The molecule has 3 aromatic rings. The number of carbonyl (C=O) groups is 1. The lowest BCUT2D eigenvalue weighted by Crippen LogP contribution is -2.41. The highest BCUT2D eigenvalue weighted by atomic mass is 35.5. The minimum absolute atomic E-state index is 0.115. The third kappa shape index (κ3) is 5.16. The molecule has 0 radical (unpaired) electrons. The molecule has 1 fully saturated rings. The molecule has 1 amide bonds. The van der Waals surface area contributed by atoms with E-state index in [-0.39, 0.29) is 11.9 Å². The van der Waals surface area contributed by atoms with Gasteiger partial charge in [-0.2, -0.15) is 0 Å². The summed E-state index contributed by atoms with van der Waals surface area (Å²) < 4.78 is 11.3. The van der Waals surface area contributed by atoms with E-state index >= 15 is 0 Å². The molecule has 5 nitrogen and oxygen atoms in total. The SMILES string of the molecule is CC(CC1CCCC1)NC(=O)[C@@H](C)Oc1ccc2c(-c3ccccc3Cl)cc(=O)oc2c1. The molecule has 168 valence electrons. The summed E-state index contributed by atoms with van der Waals surface area (Å²) in [6, 6.07) is 14.1. The molecule has 1 aromatic heterocycles. The van der Waals surface area contributed by atoms with Crippen molar-refractivity contribution in [2.75, 3.05) is 0 Å². The molecule has 1 unspecified atom stereocenters. The summed E-state index contributed by atoms with van der Waals surface area (Å²) in [5, 5.41) is 4.35. The highest BCUT2D eigenvalue weighted by Gasteiger charge is 2.22. The monoisotopic (exact) mass is 453 g/mol. The molecule has 1 aliphatic rings. The number of nitrogens with one attached hydrogen (secondary N) is 1. The summed E-state index contributed by atoms with van der Waals surface area (Å²) in [7, 11) is 0. The lowest BCUT2D eigenvalue weighted by molar-refractivity contribution is -0.128. The zero-order valence-corrected chi connectivity index (χ0v) is 19.2. The van der Waals surface area contributed by atoms with Crippen LogP contribution < -0.4 is 15.7 Å². The number of rotatable bonds is 7. The van der Waals surface area contributed by atoms with Crippen LogP contribution in [0.3, 0.4) is 0 Å². The third-order valence-electron chi connectivity index (χ3n) is 6.11. The van der Waals surface area contributed by atoms with E-state index in [2.05, 4.69) is 5.32 Å². The molecular formula is C26H28ClNO4. The topological polar surface area (TPSA) is 68.5 Å². The van der Waals surface area contributed by atoms with Crippen molar-refractivity contribution in [1.29, 1.82) is 0 Å². The van der Waals surface area contributed by atoms with Crippen molar-refractivity contribution in [1.82, 2.24) is 5.32 Å². The van der Waals surface area contributed by atoms with E-state index in [9.17, 15) is 9.59 Å². The van der Waals surface area contributed by atoms with Gasteiger partial charge < -0.3 is 14.5 Å². The van der Waals surface area contributed by atoms with Gasteiger partial charge in [-0.05, 0) is 44.4 Å². The van der Waals surface area contributed by atoms with Gasteiger partial charge >= 0.3 is 5.63 Å². The second-order valence-corrected chi connectivity index (χ2v) is 9.08. The molecule has 1 aliphatic carbocycles. The van der Waals surface area contributed by atoms with Gasteiger partial charge in [0.25, 0.3) is 5.91 Å². The quantitative estimate of drug-likeness (QED) is 0.448. The van der Waals surface area contributed by atoms with Crippen molar-refractivity contribution in [3.05, 3.63) is 64.0 Å². The number of ether oxygens (including phenoxy) is 1. The summed E-state index contributed by atoms with van der Waals surface area (Å²) in [6.07, 6.45) is 5.43. The van der Waals surface area contributed by atoms with Crippen LogP contribution in [0.4, 0.5) is 0 Å². The maximum Gasteiger partial charge on any atom is 0.336 e. The maximum atomic E-state index is 12.6. The molecule has 1 heterocycles. The lowest BCUT2D eigenvalue weighted by Gasteiger charge is -2.21. The van der Waals surface area contributed by atoms with Crippen LogP contribution in [0.15, 0.2) is 57.7 Å². The first-order valence-electron chi connectivity index (χ1n) is 11.2. The van der Waals surface area contributed by atoms with Crippen LogP contribution >= 0.6 is 11.6 Å². The van der Waals surface area contributed by atoms with Crippen LogP contribution in [0.1, 0.15) is 46.0 Å². The predicted molar refractivity (Wildman–Crippen MR) is 127 cm³/mol. The Labute approximate surface area is 192 Å². The summed E-state index contributed by atoms with van der Waals surface area (Å²) >= 11 is 6.34. The van der Waals surface area contributed by atoms with Crippen molar-refractivity contribution in [3.8, 4) is 16.9 Å². The molecule has 2 atom stereocenters. The Bertz CT molecular complexity index is 1170. The van der Waals surface area contributed by atoms with E-state index in [1.165, 1.54) is 31.7 Å². The van der Waals surface area contributed by atoms with Gasteiger partial charge in [-0.15, -0.1) is 0 Å². The third-order valence-corrected chi connectivity index (χ3v) is 6.44. The average molecular weight is 454 g/mol. The van der Waals surface area contributed by atoms with Crippen molar-refractivity contribution < 1.29 is 13.9 Å². The van der Waals surface area contributed by atoms with E-state index in [1.807, 2.05) is 31.2 Å². The van der Waals surface area contributed by atoms with Gasteiger partial charge in [0.2, 0.25) is 0 Å². The van der Waals surface area contributed by atoms with E-state index in [0.717, 1.165) is 17.4 Å². The number of fused-ring (bicyclic) bond motifs is 1. The largest absolute Gasteiger partial charge is 0.481 e. The normalized spacial score (nSPS) is 16.1. The Morgan fingerprint density at radius 1 is 1.12 bits per heavy atom. The van der Waals surface area contributed by atoms with E-state index in [1.54, 1.807) is 25.1 Å². The second-order valence-electron chi connectivity index (χ2n) is 8.67. The van der Waals surface area contributed by atoms with E-state index in [4.69, 9.17) is 20.8 Å². The molecule has 0 spiro atoms. The Hall–Kier alpha value is -2.79. The minimum Gasteiger partial charge on any atom is -0.481 e. The van der Waals surface area contributed by atoms with Gasteiger partial charge in [0.1, 0.15) is 11.3 Å². The molecule has 32 heavy (non-hydrogen) atoms. The fourth-order valence-corrected chi connectivity index (χ4v) is 4.78. The standard InChI is InChI=1S/C26H28ClNO4/c1-16(13-18-7-3-4-8-18)28-26(30)17(2)31-19-11-12-21-22(15-25(29)32-24(21)14-19)20-9-5-6-10-23(20)27/h5-6,9-12,14-18H,3-4,7-8,13H2,1-2H3,(H,28,30)/t16?,17-/m1/s1. The Morgan fingerprint density at radius 2 is 1.88 bits per heavy atom. The molecular weight excluding hydrogens is 426 g/mol. The van der Waals surface area contributed by atoms with Crippen LogP contribution in [-0.2, 0) is 4.79 Å². The highest BCUT2D eigenvalue weighted by Crippen LogP contribution is 2.34. The Kier molecular flexibility index (Phi) is 6.85. The summed E-state index contributed by atoms with van der Waals surface area (Å²) in [4.78, 5) is 24.8. The maximum absolute atomic E-state index is 12.6. The zero-order chi connectivity index (χ0) is 22.7. The number of amides is 1. The highest BCUT2D eigenvalue weighted by molar-refractivity contribution is 6.33. The minimum atomic E-state index is -0.669. The van der Waals surface area contributed by atoms with Crippen molar-refractivity contribution in [2.45, 2.75) is 58.1 Å². The number of hydrogen-bond donors (Lipinski definition) is 1. The molecule has 0 bridgehead atoms. The van der Waals surface area contributed by atoms with Gasteiger partial charge in [-0.25, -0.2) is 4.79 Å². The van der Waals surface area contributed by atoms with Gasteiger partial charge in [-0.1, -0.05) is 55.5 Å². The van der Waals surface area contributed by atoms with Gasteiger partial charge in [0.05, 0.1) is 0 Å². The molecule has 2 aromatic carbocycles. The second kappa shape index (κ2) is 9.78. The van der Waals surface area contributed by atoms with Gasteiger partial charge in [0.15, 0.2) is 6.10 Å². The first-order valence-corrected chi connectivity index (χ1v) is 11.6. The fourth-order valence-electron chi connectivity index (χ4n) is 4.54. The summed E-state index contributed by atoms with van der Waals surface area (Å²) in [5.74, 6) is 1.02. The van der Waals surface area contributed by atoms with Crippen molar-refractivity contribution in [2.24, 2.45) is 5.92 Å². The molecule has 1 N–H and O–H groups in total. The first-order chi connectivity index (χ1) is 15.4. The Balaban J connectivity index is 1.49. The van der Waals surface area contributed by atoms with Crippen LogP contribution in [-0.4, -0.2) is 18.1 Å². The molecule has 0 aliphatic heterocycles. The van der Waals surface area contributed by atoms with Crippen LogP contribution in [0.2, 0.25) is 5.02 Å². The first kappa shape index (κ1) is 22.4. The van der Waals surface area contributed by atoms with Crippen LogP contribution in [0, 0.1) is 5.92 Å². The van der Waals surface area contributed by atoms with Crippen molar-refractivity contribution in [3.63, 3.8) is 0 Å². The summed E-state index contributed by atoms with van der Waals surface area (Å²) in [5.41, 5.74) is 1.35. The fraction of sp³-hybridized carbons (Fsp3) is 0.385. The smallest absolute Gasteiger partial charge is 0.336 e. The Morgan fingerprint density at radius 3 is 2.62 bits per heavy atom. The molecule has 0 saturated heterocycles. The predicted octanol–water partition coefficient (Wildman–Crippen LogP) is 5.97. The van der Waals surface area contributed by atoms with E-state index in [0.29, 0.717) is 27.8 Å². The van der Waals surface area contributed by atoms with Crippen LogP contribution in [0.5, 0.6) is 5.75 Å². The van der Waals surface area contributed by atoms with Crippen molar-refractivity contribution >= 4 is 28.5 Å². The molecule has 6 heteroatoms. The number of halogens is 1. The number of hydrogen-bond acceptors (Lipinski definition) is 4. The van der Waals surface area contributed by atoms with Gasteiger partial charge in [0, 0.05) is 39.7 Å². The molecule has 1 saturated carbocycles. The van der Waals surface area contributed by atoms with Crippen LogP contribution in [0.25, 0.3) is 22.1 Å². The summed E-state index contributed by atoms with van der Waals surface area (Å²) in [6.45, 7) is 3.77. The van der Waals surface area contributed by atoms with E-state index < -0.39 is 11.7 Å². The lowest BCUT2D eigenvalue weighted by atomic mass is 9.99. The molecule has 4 rings (SSSR count). The number of benzene rings is 2. The zero-order valence-electron chi connectivity index (χ0n) is 18.4.